The highest BCUT2D eigenvalue weighted by Gasteiger charge is 2.13. The van der Waals surface area contributed by atoms with Gasteiger partial charge in [-0.1, -0.05) is 6.07 Å². The van der Waals surface area contributed by atoms with E-state index in [0.29, 0.717) is 5.82 Å². The van der Waals surface area contributed by atoms with E-state index in [2.05, 4.69) is 20.0 Å². The zero-order valence-corrected chi connectivity index (χ0v) is 11.2. The summed E-state index contributed by atoms with van der Waals surface area (Å²) < 4.78 is 26.5. The molecule has 0 amide bonds. The summed E-state index contributed by atoms with van der Waals surface area (Å²) in [4.78, 5) is 8.04. The van der Waals surface area contributed by atoms with Crippen LogP contribution in [0.2, 0.25) is 0 Å². The monoisotopic (exact) mass is 278 g/mol. The summed E-state index contributed by atoms with van der Waals surface area (Å²) >= 11 is 0. The minimum Gasteiger partial charge on any atom is -0.373 e. The van der Waals surface area contributed by atoms with E-state index in [9.17, 15) is 8.42 Å². The lowest BCUT2D eigenvalue weighted by atomic mass is 10.3. The van der Waals surface area contributed by atoms with E-state index in [1.54, 1.807) is 37.6 Å². The molecule has 0 bridgehead atoms. The lowest BCUT2D eigenvalue weighted by Crippen LogP contribution is -2.23. The lowest BCUT2D eigenvalue weighted by Gasteiger charge is -2.07. The molecular formula is C12H14N4O2S. The van der Waals surface area contributed by atoms with Crippen LogP contribution in [0.3, 0.4) is 0 Å². The Kier molecular flexibility index (Phi) is 4.08. The Balaban J connectivity index is 2.09. The average molecular weight is 278 g/mol. The van der Waals surface area contributed by atoms with Gasteiger partial charge in [0, 0.05) is 32.2 Å². The predicted octanol–water partition coefficient (Wildman–Crippen LogP) is 0.997. The SMILES string of the molecule is CNc1ccc(S(=O)(=O)NCc2cccnc2)cn1. The van der Waals surface area contributed by atoms with Crippen molar-refractivity contribution in [3.05, 3.63) is 48.4 Å². The molecule has 0 aromatic carbocycles. The zero-order valence-electron chi connectivity index (χ0n) is 10.4. The second kappa shape index (κ2) is 5.77. The van der Waals surface area contributed by atoms with Crippen molar-refractivity contribution in [1.29, 1.82) is 0 Å². The van der Waals surface area contributed by atoms with E-state index in [-0.39, 0.29) is 11.4 Å². The molecule has 2 rings (SSSR count). The van der Waals surface area contributed by atoms with E-state index in [0.717, 1.165) is 5.56 Å². The highest BCUT2D eigenvalue weighted by atomic mass is 32.2. The van der Waals surface area contributed by atoms with Crippen LogP contribution in [-0.4, -0.2) is 25.4 Å². The third-order valence-corrected chi connectivity index (χ3v) is 3.88. The zero-order chi connectivity index (χ0) is 13.7. The van der Waals surface area contributed by atoms with Crippen LogP contribution in [0.25, 0.3) is 0 Å². The van der Waals surface area contributed by atoms with Crippen LogP contribution in [0.5, 0.6) is 0 Å². The van der Waals surface area contributed by atoms with Gasteiger partial charge in [0.15, 0.2) is 0 Å². The summed E-state index contributed by atoms with van der Waals surface area (Å²) in [6.45, 7) is 0.198. The normalized spacial score (nSPS) is 11.2. The maximum Gasteiger partial charge on any atom is 0.242 e. The molecule has 0 spiro atoms. The van der Waals surface area contributed by atoms with E-state index in [4.69, 9.17) is 0 Å². The Bertz CT molecular complexity index is 627. The van der Waals surface area contributed by atoms with Crippen molar-refractivity contribution in [2.75, 3.05) is 12.4 Å². The van der Waals surface area contributed by atoms with Gasteiger partial charge in [-0.15, -0.1) is 0 Å². The number of nitrogens with one attached hydrogen (secondary N) is 2. The number of anilines is 1. The van der Waals surface area contributed by atoms with Crippen molar-refractivity contribution in [1.82, 2.24) is 14.7 Å². The van der Waals surface area contributed by atoms with Gasteiger partial charge < -0.3 is 5.32 Å². The first kappa shape index (κ1) is 13.4. The van der Waals surface area contributed by atoms with Gasteiger partial charge >= 0.3 is 0 Å². The van der Waals surface area contributed by atoms with Crippen LogP contribution >= 0.6 is 0 Å². The molecule has 0 saturated carbocycles. The van der Waals surface area contributed by atoms with Crippen LogP contribution in [0.4, 0.5) is 5.82 Å². The Hall–Kier alpha value is -1.99. The predicted molar refractivity (Wildman–Crippen MR) is 72.0 cm³/mol. The molecule has 7 heteroatoms. The summed E-state index contributed by atoms with van der Waals surface area (Å²) in [5.74, 6) is 0.617. The Morgan fingerprint density at radius 1 is 1.21 bits per heavy atom. The first-order chi connectivity index (χ1) is 9.12. The maximum atomic E-state index is 12.0. The molecule has 0 unspecified atom stereocenters. The number of hydrogen-bond acceptors (Lipinski definition) is 5. The van der Waals surface area contributed by atoms with E-state index in [1.807, 2.05) is 0 Å². The van der Waals surface area contributed by atoms with Gasteiger partial charge in [0.25, 0.3) is 0 Å². The molecule has 2 N–H and O–H groups in total. The summed E-state index contributed by atoms with van der Waals surface area (Å²) in [5.41, 5.74) is 0.797. The number of hydrogen-bond donors (Lipinski definition) is 2. The molecule has 6 nitrogen and oxygen atoms in total. The Morgan fingerprint density at radius 3 is 2.63 bits per heavy atom. The Morgan fingerprint density at radius 2 is 2.05 bits per heavy atom. The van der Waals surface area contributed by atoms with E-state index < -0.39 is 10.0 Å². The van der Waals surface area contributed by atoms with Crippen molar-refractivity contribution in [2.24, 2.45) is 0 Å². The number of nitrogens with zero attached hydrogens (tertiary/aromatic N) is 2. The van der Waals surface area contributed by atoms with Crippen LogP contribution in [0.1, 0.15) is 5.56 Å². The van der Waals surface area contributed by atoms with Gasteiger partial charge in [0.05, 0.1) is 0 Å². The fourth-order valence-electron chi connectivity index (χ4n) is 1.45. The van der Waals surface area contributed by atoms with E-state index >= 15 is 0 Å². The quantitative estimate of drug-likeness (QED) is 0.852. The molecule has 2 heterocycles. The molecule has 19 heavy (non-hydrogen) atoms. The van der Waals surface area contributed by atoms with Crippen molar-refractivity contribution in [3.63, 3.8) is 0 Å². The molecule has 0 atom stereocenters. The number of pyridine rings is 2. The summed E-state index contributed by atoms with van der Waals surface area (Å²) in [7, 11) is -1.83. The van der Waals surface area contributed by atoms with Crippen LogP contribution in [0, 0.1) is 0 Å². The van der Waals surface area contributed by atoms with E-state index in [1.165, 1.54) is 12.3 Å². The molecule has 0 aliphatic rings. The highest BCUT2D eigenvalue weighted by Crippen LogP contribution is 2.10. The molecular weight excluding hydrogens is 264 g/mol. The fourth-order valence-corrected chi connectivity index (χ4v) is 2.41. The molecule has 0 fully saturated rings. The van der Waals surface area contributed by atoms with Gasteiger partial charge in [-0.2, -0.15) is 0 Å². The lowest BCUT2D eigenvalue weighted by molar-refractivity contribution is 0.581. The van der Waals surface area contributed by atoms with Gasteiger partial charge in [-0.05, 0) is 23.8 Å². The fraction of sp³-hybridized carbons (Fsp3) is 0.167. The van der Waals surface area contributed by atoms with Gasteiger partial charge in [-0.3, -0.25) is 4.98 Å². The first-order valence-corrected chi connectivity index (χ1v) is 7.12. The van der Waals surface area contributed by atoms with Gasteiger partial charge in [-0.25, -0.2) is 18.1 Å². The van der Waals surface area contributed by atoms with Crippen molar-refractivity contribution < 1.29 is 8.42 Å². The largest absolute Gasteiger partial charge is 0.373 e. The van der Waals surface area contributed by atoms with Crippen LogP contribution in [0.15, 0.2) is 47.8 Å². The summed E-state index contributed by atoms with van der Waals surface area (Å²) in [5, 5.41) is 2.83. The second-order valence-corrected chi connectivity index (χ2v) is 5.58. The first-order valence-electron chi connectivity index (χ1n) is 5.64. The average Bonchev–Trinajstić information content (AvgIpc) is 2.46. The summed E-state index contributed by atoms with van der Waals surface area (Å²) in [6.07, 6.45) is 4.57. The molecule has 0 aliphatic heterocycles. The minimum atomic E-state index is -3.55. The van der Waals surface area contributed by atoms with Crippen molar-refractivity contribution in [2.45, 2.75) is 11.4 Å². The molecule has 0 aliphatic carbocycles. The molecule has 2 aromatic heterocycles. The molecule has 2 aromatic rings. The van der Waals surface area contributed by atoms with Crippen molar-refractivity contribution in [3.8, 4) is 0 Å². The smallest absolute Gasteiger partial charge is 0.242 e. The van der Waals surface area contributed by atoms with Crippen LogP contribution in [-0.2, 0) is 16.6 Å². The third-order valence-electron chi connectivity index (χ3n) is 2.49. The second-order valence-electron chi connectivity index (χ2n) is 3.81. The third kappa shape index (κ3) is 3.49. The van der Waals surface area contributed by atoms with Gasteiger partial charge in [0.1, 0.15) is 10.7 Å². The summed E-state index contributed by atoms with van der Waals surface area (Å²) in [6, 6.07) is 6.67. The topological polar surface area (TPSA) is 84.0 Å². The maximum absolute atomic E-state index is 12.0. The Labute approximate surface area is 112 Å². The number of rotatable bonds is 5. The molecule has 0 saturated heterocycles. The van der Waals surface area contributed by atoms with Crippen LogP contribution < -0.4 is 10.0 Å². The minimum absolute atomic E-state index is 0.135. The van der Waals surface area contributed by atoms with Gasteiger partial charge in [0.2, 0.25) is 10.0 Å². The standard InChI is InChI=1S/C12H14N4O2S/c1-13-12-5-4-11(9-15-12)19(17,18)16-8-10-3-2-6-14-7-10/h2-7,9,16H,8H2,1H3,(H,13,15). The molecule has 100 valence electrons. The number of aromatic nitrogens is 2. The molecule has 0 radical (unpaired) electrons. The highest BCUT2D eigenvalue weighted by molar-refractivity contribution is 7.89. The number of sulfonamides is 1. The van der Waals surface area contributed by atoms with Crippen molar-refractivity contribution >= 4 is 15.8 Å².